The highest BCUT2D eigenvalue weighted by molar-refractivity contribution is 7.15. The number of rotatable bonds is 6. The van der Waals surface area contributed by atoms with Gasteiger partial charge in [0.25, 0.3) is 0 Å². The molecule has 1 aromatic carbocycles. The van der Waals surface area contributed by atoms with Gasteiger partial charge in [0.1, 0.15) is 5.01 Å². The smallest absolute Gasteiger partial charge is 0.208 e. The maximum Gasteiger partial charge on any atom is 0.208 e. The zero-order valence-electron chi connectivity index (χ0n) is 15.0. The second kappa shape index (κ2) is 8.45. The third-order valence-electron chi connectivity index (χ3n) is 4.30. The van der Waals surface area contributed by atoms with Crippen molar-refractivity contribution in [3.63, 3.8) is 0 Å². The molecule has 0 aliphatic carbocycles. The summed E-state index contributed by atoms with van der Waals surface area (Å²) in [5.74, 6) is 0. The van der Waals surface area contributed by atoms with Gasteiger partial charge < -0.3 is 9.64 Å². The Morgan fingerprint density at radius 3 is 2.56 bits per heavy atom. The predicted molar refractivity (Wildman–Crippen MR) is 104 cm³/mol. The molecule has 0 unspecified atom stereocenters. The topological polar surface area (TPSA) is 41.5 Å². The van der Waals surface area contributed by atoms with Crippen LogP contribution >= 0.6 is 22.9 Å². The first-order valence-electron chi connectivity index (χ1n) is 8.65. The van der Waals surface area contributed by atoms with E-state index in [4.69, 9.17) is 16.3 Å². The molecule has 1 aliphatic heterocycles. The minimum absolute atomic E-state index is 0.307. The van der Waals surface area contributed by atoms with Crippen molar-refractivity contribution in [2.75, 3.05) is 38.1 Å². The lowest BCUT2D eigenvalue weighted by molar-refractivity contribution is -0.0670. The standard InChI is InChI=1S/C18H25ClN4OS/c1-13-11-23(12-14(2)24-13)9-8-22(3)18-21-20-17(25-18)10-15-4-6-16(19)7-5-15/h4-7,13-14H,8-12H2,1-3H3/t13-,14+. The van der Waals surface area contributed by atoms with E-state index in [0.29, 0.717) is 12.2 Å². The van der Waals surface area contributed by atoms with Gasteiger partial charge in [-0.3, -0.25) is 4.90 Å². The fourth-order valence-electron chi connectivity index (χ4n) is 3.10. The molecule has 0 saturated carbocycles. The molecular formula is C18H25ClN4OS. The Hall–Kier alpha value is -1.21. The number of hydrogen-bond acceptors (Lipinski definition) is 6. The van der Waals surface area contributed by atoms with Crippen molar-refractivity contribution in [2.45, 2.75) is 32.5 Å². The SMILES string of the molecule is C[C@@H]1CN(CCN(C)c2nnc(Cc3ccc(Cl)cc3)s2)C[C@H](C)O1. The van der Waals surface area contributed by atoms with Crippen molar-refractivity contribution in [3.05, 3.63) is 39.9 Å². The summed E-state index contributed by atoms with van der Waals surface area (Å²) < 4.78 is 5.79. The lowest BCUT2D eigenvalue weighted by Crippen LogP contribution is -2.47. The van der Waals surface area contributed by atoms with E-state index in [-0.39, 0.29) is 0 Å². The van der Waals surface area contributed by atoms with Crippen LogP contribution in [0.2, 0.25) is 5.02 Å². The number of morpholine rings is 1. The molecule has 1 fully saturated rings. The Morgan fingerprint density at radius 2 is 1.88 bits per heavy atom. The number of halogens is 1. The lowest BCUT2D eigenvalue weighted by Gasteiger charge is -2.36. The molecule has 0 radical (unpaired) electrons. The number of anilines is 1. The number of likely N-dealkylation sites (N-methyl/N-ethyl adjacent to an activating group) is 1. The van der Waals surface area contributed by atoms with Crippen LogP contribution < -0.4 is 4.90 Å². The largest absolute Gasteiger partial charge is 0.373 e. The Bertz CT molecular complexity index is 668. The van der Waals surface area contributed by atoms with E-state index in [0.717, 1.165) is 47.8 Å². The summed E-state index contributed by atoms with van der Waals surface area (Å²) in [4.78, 5) is 4.65. The summed E-state index contributed by atoms with van der Waals surface area (Å²) in [6.07, 6.45) is 1.41. The van der Waals surface area contributed by atoms with E-state index in [1.165, 1.54) is 5.56 Å². The van der Waals surface area contributed by atoms with E-state index < -0.39 is 0 Å². The van der Waals surface area contributed by atoms with Crippen LogP contribution in [-0.2, 0) is 11.2 Å². The Balaban J connectivity index is 1.52. The molecule has 1 saturated heterocycles. The molecule has 0 N–H and O–H groups in total. The summed E-state index contributed by atoms with van der Waals surface area (Å²) >= 11 is 7.59. The Kier molecular flexibility index (Phi) is 6.28. The van der Waals surface area contributed by atoms with E-state index in [9.17, 15) is 0 Å². The molecule has 0 amide bonds. The Morgan fingerprint density at radius 1 is 1.20 bits per heavy atom. The monoisotopic (exact) mass is 380 g/mol. The molecule has 2 atom stereocenters. The van der Waals surface area contributed by atoms with Crippen molar-refractivity contribution < 1.29 is 4.74 Å². The molecule has 0 spiro atoms. The third kappa shape index (κ3) is 5.38. The molecule has 1 aromatic heterocycles. The molecule has 136 valence electrons. The van der Waals surface area contributed by atoms with Gasteiger partial charge in [0.05, 0.1) is 12.2 Å². The van der Waals surface area contributed by atoms with E-state index in [1.54, 1.807) is 11.3 Å². The van der Waals surface area contributed by atoms with Crippen molar-refractivity contribution in [3.8, 4) is 0 Å². The second-order valence-corrected chi connectivity index (χ2v) is 8.20. The second-order valence-electron chi connectivity index (χ2n) is 6.72. The lowest BCUT2D eigenvalue weighted by atomic mass is 10.2. The number of benzene rings is 1. The predicted octanol–water partition coefficient (Wildman–Crippen LogP) is 3.33. The highest BCUT2D eigenvalue weighted by Crippen LogP contribution is 2.22. The van der Waals surface area contributed by atoms with Crippen LogP contribution in [0.3, 0.4) is 0 Å². The summed E-state index contributed by atoms with van der Waals surface area (Å²) in [7, 11) is 2.08. The Labute approximate surface area is 158 Å². The van der Waals surface area contributed by atoms with Crippen molar-refractivity contribution in [1.82, 2.24) is 15.1 Å². The first kappa shape index (κ1) is 18.6. The normalized spacial score (nSPS) is 21.4. The maximum atomic E-state index is 5.93. The van der Waals surface area contributed by atoms with Gasteiger partial charge in [0.2, 0.25) is 5.13 Å². The van der Waals surface area contributed by atoms with Gasteiger partial charge in [-0.05, 0) is 31.5 Å². The molecule has 2 heterocycles. The summed E-state index contributed by atoms with van der Waals surface area (Å²) in [6.45, 7) is 8.22. The molecule has 25 heavy (non-hydrogen) atoms. The van der Waals surface area contributed by atoms with Crippen LogP contribution in [-0.4, -0.2) is 60.5 Å². The van der Waals surface area contributed by atoms with Gasteiger partial charge >= 0.3 is 0 Å². The molecule has 0 bridgehead atoms. The highest BCUT2D eigenvalue weighted by Gasteiger charge is 2.22. The number of aromatic nitrogens is 2. The van der Waals surface area contributed by atoms with E-state index >= 15 is 0 Å². The number of ether oxygens (including phenoxy) is 1. The first-order chi connectivity index (χ1) is 12.0. The minimum Gasteiger partial charge on any atom is -0.373 e. The number of hydrogen-bond donors (Lipinski definition) is 0. The summed E-state index contributed by atoms with van der Waals surface area (Å²) in [5.41, 5.74) is 1.20. The van der Waals surface area contributed by atoms with E-state index in [2.05, 4.69) is 40.9 Å². The van der Waals surface area contributed by atoms with Gasteiger partial charge in [-0.15, -0.1) is 10.2 Å². The van der Waals surface area contributed by atoms with Gasteiger partial charge in [0.15, 0.2) is 0 Å². The van der Waals surface area contributed by atoms with Gasteiger partial charge in [-0.2, -0.15) is 0 Å². The van der Waals surface area contributed by atoms with Gasteiger partial charge in [0, 0.05) is 44.7 Å². The summed E-state index contributed by atoms with van der Waals surface area (Å²) in [5, 5.41) is 11.4. The van der Waals surface area contributed by atoms with Crippen LogP contribution in [0.15, 0.2) is 24.3 Å². The zero-order chi connectivity index (χ0) is 17.8. The molecule has 7 heteroatoms. The molecule has 2 aromatic rings. The molecule has 5 nitrogen and oxygen atoms in total. The molecule has 1 aliphatic rings. The number of nitrogens with zero attached hydrogens (tertiary/aromatic N) is 4. The molecular weight excluding hydrogens is 356 g/mol. The van der Waals surface area contributed by atoms with Gasteiger partial charge in [-0.1, -0.05) is 35.1 Å². The van der Waals surface area contributed by atoms with Gasteiger partial charge in [-0.25, -0.2) is 0 Å². The molecule has 3 rings (SSSR count). The maximum absolute atomic E-state index is 5.93. The van der Waals surface area contributed by atoms with E-state index in [1.807, 2.05) is 24.3 Å². The van der Waals surface area contributed by atoms with Crippen LogP contribution in [0.5, 0.6) is 0 Å². The zero-order valence-corrected chi connectivity index (χ0v) is 16.6. The minimum atomic E-state index is 0.307. The van der Waals surface area contributed by atoms with Crippen LogP contribution in [0, 0.1) is 0 Å². The first-order valence-corrected chi connectivity index (χ1v) is 9.85. The van der Waals surface area contributed by atoms with Crippen LogP contribution in [0.4, 0.5) is 5.13 Å². The quantitative estimate of drug-likeness (QED) is 0.768. The van der Waals surface area contributed by atoms with Crippen molar-refractivity contribution in [2.24, 2.45) is 0 Å². The van der Waals surface area contributed by atoms with Crippen molar-refractivity contribution >= 4 is 28.1 Å². The average molecular weight is 381 g/mol. The van der Waals surface area contributed by atoms with Crippen LogP contribution in [0.25, 0.3) is 0 Å². The van der Waals surface area contributed by atoms with Crippen LogP contribution in [0.1, 0.15) is 24.4 Å². The third-order valence-corrected chi connectivity index (χ3v) is 5.59. The summed E-state index contributed by atoms with van der Waals surface area (Å²) in [6, 6.07) is 7.90. The fraction of sp³-hybridized carbons (Fsp3) is 0.556. The fourth-order valence-corrected chi connectivity index (χ4v) is 4.09. The highest BCUT2D eigenvalue weighted by atomic mass is 35.5. The van der Waals surface area contributed by atoms with Crippen molar-refractivity contribution in [1.29, 1.82) is 0 Å². The average Bonchev–Trinajstić information content (AvgIpc) is 3.02.